The Balaban J connectivity index is 1.56. The first kappa shape index (κ1) is 16.0. The minimum atomic E-state index is -0.290. The summed E-state index contributed by atoms with van der Waals surface area (Å²) in [5.74, 6) is 0.867. The number of nitrogens with zero attached hydrogens (tertiary/aromatic N) is 2. The van der Waals surface area contributed by atoms with Crippen LogP contribution in [0.5, 0.6) is 0 Å². The van der Waals surface area contributed by atoms with Gasteiger partial charge in [0.1, 0.15) is 0 Å². The monoisotopic (exact) mass is 356 g/mol. The van der Waals surface area contributed by atoms with Crippen LogP contribution >= 0.6 is 0 Å². The molecule has 1 aromatic carbocycles. The van der Waals surface area contributed by atoms with Gasteiger partial charge in [-0.3, -0.25) is 14.9 Å². The van der Waals surface area contributed by atoms with Gasteiger partial charge in [0.25, 0.3) is 0 Å². The molecule has 1 amide bonds. The van der Waals surface area contributed by atoms with E-state index in [9.17, 15) is 4.79 Å². The molecule has 27 heavy (non-hydrogen) atoms. The molecule has 1 saturated carbocycles. The second-order valence-electron chi connectivity index (χ2n) is 7.31. The Morgan fingerprint density at radius 1 is 1.07 bits per heavy atom. The number of anilines is 1. The van der Waals surface area contributed by atoms with E-state index in [0.717, 1.165) is 30.5 Å². The average Bonchev–Trinajstić information content (AvgIpc) is 3.52. The lowest BCUT2D eigenvalue weighted by Gasteiger charge is -2.34. The molecule has 2 heterocycles. The fourth-order valence-electron chi connectivity index (χ4n) is 3.87. The number of hydrogen-bond acceptors (Lipinski definition) is 3. The number of carbonyl (C=O) groups excluding carboxylic acids is 1. The lowest BCUT2D eigenvalue weighted by molar-refractivity contribution is -0.117. The first-order valence-electron chi connectivity index (χ1n) is 9.30. The van der Waals surface area contributed by atoms with E-state index >= 15 is 0 Å². The molecule has 1 unspecified atom stereocenters. The molecule has 1 fully saturated rings. The number of fused-ring (bicyclic) bond motifs is 1. The molecule has 2 aromatic heterocycles. The number of rotatable bonds is 4. The first-order valence-corrected chi connectivity index (χ1v) is 9.30. The van der Waals surface area contributed by atoms with Crippen LogP contribution in [-0.2, 0) is 16.6 Å². The van der Waals surface area contributed by atoms with Gasteiger partial charge < -0.3 is 5.32 Å². The van der Waals surface area contributed by atoms with Gasteiger partial charge in [0.15, 0.2) is 5.82 Å². The van der Waals surface area contributed by atoms with E-state index in [1.165, 1.54) is 11.1 Å². The van der Waals surface area contributed by atoms with E-state index in [0.29, 0.717) is 5.82 Å². The summed E-state index contributed by atoms with van der Waals surface area (Å²) in [4.78, 5) is 16.3. The van der Waals surface area contributed by atoms with Crippen LogP contribution in [0.3, 0.4) is 0 Å². The molecule has 0 aliphatic heterocycles. The highest BCUT2D eigenvalue weighted by Crippen LogP contribution is 2.42. The number of amides is 1. The second-order valence-corrected chi connectivity index (χ2v) is 7.31. The third-order valence-electron chi connectivity index (χ3n) is 5.55. The zero-order valence-electron chi connectivity index (χ0n) is 14.9. The minimum absolute atomic E-state index is 0.0757. The van der Waals surface area contributed by atoms with E-state index in [1.54, 1.807) is 0 Å². The van der Waals surface area contributed by atoms with E-state index in [1.807, 2.05) is 18.5 Å². The predicted octanol–water partition coefficient (Wildman–Crippen LogP) is 3.71. The largest absolute Gasteiger partial charge is 0.308 e. The van der Waals surface area contributed by atoms with Gasteiger partial charge in [0.05, 0.1) is 0 Å². The highest BCUT2D eigenvalue weighted by atomic mass is 16.2. The summed E-state index contributed by atoms with van der Waals surface area (Å²) < 4.78 is 0. The number of pyridine rings is 1. The van der Waals surface area contributed by atoms with Crippen LogP contribution in [0.1, 0.15) is 35.2 Å². The van der Waals surface area contributed by atoms with Gasteiger partial charge in [-0.25, -0.2) is 0 Å². The summed E-state index contributed by atoms with van der Waals surface area (Å²) in [6, 6.07) is 14.6. The van der Waals surface area contributed by atoms with Gasteiger partial charge in [-0.15, -0.1) is 0 Å². The van der Waals surface area contributed by atoms with Gasteiger partial charge in [-0.05, 0) is 36.1 Å². The maximum absolute atomic E-state index is 12.1. The molecular weight excluding hydrogens is 336 g/mol. The molecule has 2 N–H and O–H groups in total. The Morgan fingerprint density at radius 2 is 1.81 bits per heavy atom. The first-order chi connectivity index (χ1) is 13.3. The smallest absolute Gasteiger partial charge is 0.228 e. The maximum Gasteiger partial charge on any atom is 0.228 e. The van der Waals surface area contributed by atoms with Gasteiger partial charge in [0.2, 0.25) is 5.91 Å². The van der Waals surface area contributed by atoms with Crippen molar-refractivity contribution in [3.8, 4) is 0 Å². The number of allylic oxidation sites excluding steroid dienone is 1. The molecule has 2 aliphatic rings. The fourth-order valence-corrected chi connectivity index (χ4v) is 3.87. The van der Waals surface area contributed by atoms with Crippen molar-refractivity contribution in [3.63, 3.8) is 0 Å². The van der Waals surface area contributed by atoms with Crippen molar-refractivity contribution in [2.75, 3.05) is 5.32 Å². The Morgan fingerprint density at radius 3 is 2.56 bits per heavy atom. The van der Waals surface area contributed by atoms with Crippen LogP contribution in [0.25, 0.3) is 6.08 Å². The van der Waals surface area contributed by atoms with Gasteiger partial charge >= 0.3 is 0 Å². The SMILES string of the molecule is O=C(Nc1n[nH]c2c1C=CC(c1ccccc1)(c1ccncc1)C2)C1CC1. The van der Waals surface area contributed by atoms with Crippen LogP contribution < -0.4 is 5.32 Å². The number of aromatic amines is 1. The number of benzene rings is 1. The zero-order chi connectivity index (χ0) is 18.3. The summed E-state index contributed by atoms with van der Waals surface area (Å²) in [5.41, 5.74) is 4.12. The van der Waals surface area contributed by atoms with Gasteiger partial charge in [-0.2, -0.15) is 5.10 Å². The quantitative estimate of drug-likeness (QED) is 0.749. The van der Waals surface area contributed by atoms with Crippen molar-refractivity contribution >= 4 is 17.8 Å². The van der Waals surface area contributed by atoms with Crippen LogP contribution in [0.15, 0.2) is 60.9 Å². The molecule has 0 spiro atoms. The number of H-pyrrole nitrogens is 1. The second kappa shape index (κ2) is 6.20. The maximum atomic E-state index is 12.1. The Hall–Kier alpha value is -3.21. The van der Waals surface area contributed by atoms with Crippen LogP contribution in [0.2, 0.25) is 0 Å². The molecule has 0 radical (unpaired) electrons. The summed E-state index contributed by atoms with van der Waals surface area (Å²) in [6.45, 7) is 0. The molecule has 0 bridgehead atoms. The van der Waals surface area contributed by atoms with Crippen LogP contribution in [0.4, 0.5) is 5.82 Å². The number of aromatic nitrogens is 3. The highest BCUT2D eigenvalue weighted by molar-refractivity contribution is 5.95. The van der Waals surface area contributed by atoms with E-state index in [4.69, 9.17) is 0 Å². The normalized spacial score (nSPS) is 20.9. The molecule has 0 saturated heterocycles. The molecule has 2 aliphatic carbocycles. The predicted molar refractivity (Wildman–Crippen MR) is 104 cm³/mol. The zero-order valence-corrected chi connectivity index (χ0v) is 14.9. The van der Waals surface area contributed by atoms with Crippen LogP contribution in [-0.4, -0.2) is 21.1 Å². The summed E-state index contributed by atoms with van der Waals surface area (Å²) >= 11 is 0. The Kier molecular flexibility index (Phi) is 3.67. The van der Waals surface area contributed by atoms with Gasteiger partial charge in [0, 0.05) is 41.4 Å². The molecule has 134 valence electrons. The van der Waals surface area contributed by atoms with Crippen molar-refractivity contribution in [1.82, 2.24) is 15.2 Å². The third kappa shape index (κ3) is 2.76. The molecule has 3 aromatic rings. The Bertz CT molecular complexity index is 964. The van der Waals surface area contributed by atoms with Crippen LogP contribution in [0, 0.1) is 5.92 Å². The summed E-state index contributed by atoms with van der Waals surface area (Å²) in [5, 5.41) is 10.5. The lowest BCUT2D eigenvalue weighted by Crippen LogP contribution is -2.30. The summed E-state index contributed by atoms with van der Waals surface area (Å²) in [6.07, 6.45) is 10.7. The third-order valence-corrected chi connectivity index (χ3v) is 5.55. The van der Waals surface area contributed by atoms with Crippen molar-refractivity contribution in [2.45, 2.75) is 24.7 Å². The van der Waals surface area contributed by atoms with E-state index in [-0.39, 0.29) is 17.2 Å². The number of hydrogen-bond donors (Lipinski definition) is 2. The highest BCUT2D eigenvalue weighted by Gasteiger charge is 2.37. The van der Waals surface area contributed by atoms with Crippen molar-refractivity contribution in [3.05, 3.63) is 83.3 Å². The van der Waals surface area contributed by atoms with E-state index in [2.05, 4.69) is 69.0 Å². The number of nitrogens with one attached hydrogen (secondary N) is 2. The topological polar surface area (TPSA) is 70.7 Å². The van der Waals surface area contributed by atoms with Crippen molar-refractivity contribution in [2.24, 2.45) is 5.92 Å². The average molecular weight is 356 g/mol. The fraction of sp³-hybridized carbons (Fsp3) is 0.227. The molecule has 5 heteroatoms. The molecular formula is C22H20N4O. The minimum Gasteiger partial charge on any atom is -0.308 e. The van der Waals surface area contributed by atoms with E-state index < -0.39 is 0 Å². The van der Waals surface area contributed by atoms with Crippen molar-refractivity contribution < 1.29 is 4.79 Å². The molecule has 1 atom stereocenters. The van der Waals surface area contributed by atoms with Crippen molar-refractivity contribution in [1.29, 1.82) is 0 Å². The standard InChI is InChI=1S/C22H20N4O/c27-21(15-6-7-15)24-20-18-8-11-22(14-19(18)25-26-20,16-4-2-1-3-5-16)17-9-12-23-13-10-17/h1-5,8-13,15H,6-7,14H2,(H2,24,25,26,27). The Labute approximate surface area is 157 Å². The molecule has 5 rings (SSSR count). The number of carbonyl (C=O) groups is 1. The summed E-state index contributed by atoms with van der Waals surface area (Å²) in [7, 11) is 0. The molecule has 5 nitrogen and oxygen atoms in total. The lowest BCUT2D eigenvalue weighted by atomic mass is 9.69. The van der Waals surface area contributed by atoms with Gasteiger partial charge in [-0.1, -0.05) is 42.5 Å².